The lowest BCUT2D eigenvalue weighted by molar-refractivity contribution is 0.293. The summed E-state index contributed by atoms with van der Waals surface area (Å²) in [5.74, 6) is 1.11. The van der Waals surface area contributed by atoms with E-state index in [1.807, 2.05) is 43.3 Å². The Bertz CT molecular complexity index is 528. The fourth-order valence-corrected chi connectivity index (χ4v) is 2.07. The smallest absolute Gasteiger partial charge is 0.213 e. The van der Waals surface area contributed by atoms with E-state index in [-0.39, 0.29) is 0 Å². The van der Waals surface area contributed by atoms with Crippen molar-refractivity contribution in [3.63, 3.8) is 0 Å². The van der Waals surface area contributed by atoms with Crippen LogP contribution in [0.4, 0.5) is 0 Å². The number of rotatable bonds is 4. The molecule has 0 fully saturated rings. The molecule has 0 spiro atoms. The summed E-state index contributed by atoms with van der Waals surface area (Å²) < 4.78 is 6.70. The second-order valence-electron chi connectivity index (χ2n) is 3.94. The lowest BCUT2D eigenvalue weighted by Crippen LogP contribution is -1.99. The molecule has 18 heavy (non-hydrogen) atoms. The molecule has 0 saturated carbocycles. The van der Waals surface area contributed by atoms with Crippen molar-refractivity contribution in [2.75, 3.05) is 0 Å². The molecular formula is C14H13BrClNO. The third-order valence-electron chi connectivity index (χ3n) is 2.61. The highest BCUT2D eigenvalue weighted by Gasteiger charge is 2.02. The zero-order valence-corrected chi connectivity index (χ0v) is 12.3. The van der Waals surface area contributed by atoms with Crippen molar-refractivity contribution >= 4 is 27.5 Å². The van der Waals surface area contributed by atoms with E-state index < -0.39 is 0 Å². The second-order valence-corrected chi connectivity index (χ2v) is 5.13. The highest BCUT2D eigenvalue weighted by molar-refractivity contribution is 9.10. The molecule has 0 aliphatic rings. The number of hydrogen-bond donors (Lipinski definition) is 0. The minimum absolute atomic E-state index is 0.478. The molecule has 0 aliphatic heterocycles. The number of pyridine rings is 1. The summed E-state index contributed by atoms with van der Waals surface area (Å²) in [7, 11) is 0. The summed E-state index contributed by atoms with van der Waals surface area (Å²) in [5.41, 5.74) is 3.06. The van der Waals surface area contributed by atoms with E-state index in [4.69, 9.17) is 16.3 Å². The van der Waals surface area contributed by atoms with Crippen molar-refractivity contribution in [3.05, 3.63) is 57.7 Å². The number of ether oxygens (including phenoxy) is 1. The number of halogens is 2. The number of aryl methyl sites for hydroxylation is 1. The average Bonchev–Trinajstić information content (AvgIpc) is 2.38. The van der Waals surface area contributed by atoms with Gasteiger partial charge >= 0.3 is 0 Å². The maximum atomic E-state index is 5.79. The van der Waals surface area contributed by atoms with Crippen LogP contribution < -0.4 is 4.74 Å². The van der Waals surface area contributed by atoms with Gasteiger partial charge < -0.3 is 4.74 Å². The van der Waals surface area contributed by atoms with Crippen LogP contribution in [0, 0.1) is 6.92 Å². The van der Waals surface area contributed by atoms with Gasteiger partial charge in [0.25, 0.3) is 0 Å². The van der Waals surface area contributed by atoms with E-state index in [0.717, 1.165) is 21.3 Å². The first-order chi connectivity index (χ1) is 8.69. The molecule has 0 bridgehead atoms. The number of nitrogens with zero attached hydrogens (tertiary/aromatic N) is 1. The normalized spacial score (nSPS) is 10.4. The van der Waals surface area contributed by atoms with E-state index >= 15 is 0 Å². The first kappa shape index (κ1) is 13.4. The molecule has 4 heteroatoms. The molecule has 0 atom stereocenters. The molecule has 1 aromatic heterocycles. The summed E-state index contributed by atoms with van der Waals surface area (Å²) in [6.07, 6.45) is 0. The van der Waals surface area contributed by atoms with Crippen LogP contribution in [-0.2, 0) is 12.5 Å². The highest BCUT2D eigenvalue weighted by Crippen LogP contribution is 2.16. The molecule has 0 saturated heterocycles. The molecule has 2 aromatic rings. The predicted octanol–water partition coefficient (Wildman–Crippen LogP) is 4.47. The number of hydrogen-bond acceptors (Lipinski definition) is 2. The van der Waals surface area contributed by atoms with E-state index in [1.54, 1.807) is 0 Å². The van der Waals surface area contributed by atoms with Crippen LogP contribution in [0.2, 0.25) is 0 Å². The largest absolute Gasteiger partial charge is 0.473 e. The van der Waals surface area contributed by atoms with Crippen molar-refractivity contribution in [3.8, 4) is 5.88 Å². The summed E-state index contributed by atoms with van der Waals surface area (Å²) in [5, 5.41) is 0. The quantitative estimate of drug-likeness (QED) is 0.773. The van der Waals surface area contributed by atoms with Gasteiger partial charge in [0.15, 0.2) is 0 Å². The van der Waals surface area contributed by atoms with Gasteiger partial charge in [0.1, 0.15) is 6.61 Å². The summed E-state index contributed by atoms with van der Waals surface area (Å²) in [6.45, 7) is 2.45. The minimum atomic E-state index is 0.478. The SMILES string of the molecule is Cc1nc(OCc2ccc(Br)cc2)ccc1CCl. The Hall–Kier alpha value is -1.06. The van der Waals surface area contributed by atoms with Crippen molar-refractivity contribution in [1.29, 1.82) is 0 Å². The molecule has 0 unspecified atom stereocenters. The molecule has 0 radical (unpaired) electrons. The zero-order chi connectivity index (χ0) is 13.0. The van der Waals surface area contributed by atoms with Gasteiger partial charge in [-0.3, -0.25) is 0 Å². The van der Waals surface area contributed by atoms with E-state index in [0.29, 0.717) is 18.4 Å². The highest BCUT2D eigenvalue weighted by atomic mass is 79.9. The number of aromatic nitrogens is 1. The van der Waals surface area contributed by atoms with Gasteiger partial charge in [0.05, 0.1) is 0 Å². The van der Waals surface area contributed by atoms with Gasteiger partial charge in [-0.15, -0.1) is 11.6 Å². The van der Waals surface area contributed by atoms with Crippen molar-refractivity contribution in [1.82, 2.24) is 4.98 Å². The van der Waals surface area contributed by atoms with Gasteiger partial charge in [0.2, 0.25) is 5.88 Å². The molecule has 1 heterocycles. The van der Waals surface area contributed by atoms with Gasteiger partial charge in [-0.05, 0) is 30.2 Å². The Morgan fingerprint density at radius 1 is 1.17 bits per heavy atom. The fraction of sp³-hybridized carbons (Fsp3) is 0.214. The maximum absolute atomic E-state index is 5.79. The van der Waals surface area contributed by atoms with Crippen LogP contribution in [0.15, 0.2) is 40.9 Å². The Balaban J connectivity index is 2.02. The monoisotopic (exact) mass is 325 g/mol. The first-order valence-corrected chi connectivity index (χ1v) is 6.91. The van der Waals surface area contributed by atoms with E-state index in [1.165, 1.54) is 0 Å². The zero-order valence-electron chi connectivity index (χ0n) is 9.99. The van der Waals surface area contributed by atoms with Crippen LogP contribution in [0.5, 0.6) is 5.88 Å². The Morgan fingerprint density at radius 3 is 2.50 bits per heavy atom. The lowest BCUT2D eigenvalue weighted by atomic mass is 10.2. The molecule has 94 valence electrons. The molecule has 0 N–H and O–H groups in total. The van der Waals surface area contributed by atoms with Crippen LogP contribution in [0.3, 0.4) is 0 Å². The van der Waals surface area contributed by atoms with E-state index in [2.05, 4.69) is 20.9 Å². The van der Waals surface area contributed by atoms with Crippen LogP contribution in [0.1, 0.15) is 16.8 Å². The predicted molar refractivity (Wildman–Crippen MR) is 77.0 cm³/mol. The Morgan fingerprint density at radius 2 is 1.89 bits per heavy atom. The molecule has 2 rings (SSSR count). The van der Waals surface area contributed by atoms with Crippen LogP contribution in [-0.4, -0.2) is 4.98 Å². The molecule has 2 nitrogen and oxygen atoms in total. The first-order valence-electron chi connectivity index (χ1n) is 5.59. The average molecular weight is 327 g/mol. The van der Waals surface area contributed by atoms with Crippen molar-refractivity contribution < 1.29 is 4.74 Å². The minimum Gasteiger partial charge on any atom is -0.473 e. The fourth-order valence-electron chi connectivity index (χ4n) is 1.53. The van der Waals surface area contributed by atoms with Gasteiger partial charge in [-0.25, -0.2) is 4.98 Å². The second kappa shape index (κ2) is 6.21. The summed E-state index contributed by atoms with van der Waals surface area (Å²) >= 11 is 9.19. The van der Waals surface area contributed by atoms with Crippen LogP contribution in [0.25, 0.3) is 0 Å². The maximum Gasteiger partial charge on any atom is 0.213 e. The third-order valence-corrected chi connectivity index (χ3v) is 3.43. The van der Waals surface area contributed by atoms with Gasteiger partial charge in [-0.2, -0.15) is 0 Å². The Labute approximate surface area is 120 Å². The van der Waals surface area contributed by atoms with Crippen molar-refractivity contribution in [2.24, 2.45) is 0 Å². The number of benzene rings is 1. The molecule has 1 aromatic carbocycles. The molecule has 0 aliphatic carbocycles. The third kappa shape index (κ3) is 3.47. The van der Waals surface area contributed by atoms with E-state index in [9.17, 15) is 0 Å². The standard InChI is InChI=1S/C14H13BrClNO/c1-10-12(8-16)4-7-14(17-10)18-9-11-2-5-13(15)6-3-11/h2-7H,8-9H2,1H3. The topological polar surface area (TPSA) is 22.1 Å². The van der Waals surface area contributed by atoms with Crippen molar-refractivity contribution in [2.45, 2.75) is 19.4 Å². The van der Waals surface area contributed by atoms with Gasteiger partial charge in [0, 0.05) is 22.1 Å². The summed E-state index contributed by atoms with van der Waals surface area (Å²) in [6, 6.07) is 11.8. The van der Waals surface area contributed by atoms with Gasteiger partial charge in [-0.1, -0.05) is 34.1 Å². The Kier molecular flexibility index (Phi) is 4.61. The molecular weight excluding hydrogens is 314 g/mol. The lowest BCUT2D eigenvalue weighted by Gasteiger charge is -2.08. The number of alkyl halides is 1. The van der Waals surface area contributed by atoms with Crippen LogP contribution >= 0.6 is 27.5 Å². The molecule has 0 amide bonds. The summed E-state index contributed by atoms with van der Waals surface area (Å²) in [4.78, 5) is 4.36.